The second-order valence-corrected chi connectivity index (χ2v) is 8.04. The van der Waals surface area contributed by atoms with E-state index in [0.29, 0.717) is 13.1 Å². The zero-order valence-corrected chi connectivity index (χ0v) is 14.5. The highest BCUT2D eigenvalue weighted by molar-refractivity contribution is 7.87. The SMILES string of the molecule is Cc1cc(CNS(=O)(=O)N2CCCC2)nc(N2CCCCC2)n1. The smallest absolute Gasteiger partial charge is 0.279 e. The van der Waals surface area contributed by atoms with Crippen molar-refractivity contribution in [2.45, 2.75) is 45.6 Å². The summed E-state index contributed by atoms with van der Waals surface area (Å²) in [5.41, 5.74) is 1.59. The van der Waals surface area contributed by atoms with Crippen LogP contribution in [0.2, 0.25) is 0 Å². The number of nitrogens with zero attached hydrogens (tertiary/aromatic N) is 4. The van der Waals surface area contributed by atoms with E-state index in [-0.39, 0.29) is 6.54 Å². The van der Waals surface area contributed by atoms with Gasteiger partial charge < -0.3 is 4.90 Å². The van der Waals surface area contributed by atoms with E-state index in [4.69, 9.17) is 0 Å². The van der Waals surface area contributed by atoms with Crippen molar-refractivity contribution in [3.63, 3.8) is 0 Å². The minimum atomic E-state index is -3.40. The standard InChI is InChI=1S/C15H25N5O2S/c1-13-11-14(12-16-23(21,22)20-9-5-6-10-20)18-15(17-13)19-7-3-2-4-8-19/h11,16H,2-10,12H2,1H3. The molecule has 128 valence electrons. The average molecular weight is 339 g/mol. The van der Waals surface area contributed by atoms with Crippen molar-refractivity contribution in [2.75, 3.05) is 31.1 Å². The molecule has 0 aromatic carbocycles. The summed E-state index contributed by atoms with van der Waals surface area (Å²) in [6.07, 6.45) is 5.45. The number of aromatic nitrogens is 2. The molecule has 0 saturated carbocycles. The molecular formula is C15H25N5O2S. The largest absolute Gasteiger partial charge is 0.341 e. The lowest BCUT2D eigenvalue weighted by Gasteiger charge is -2.27. The zero-order valence-electron chi connectivity index (χ0n) is 13.7. The molecule has 2 aliphatic heterocycles. The van der Waals surface area contributed by atoms with E-state index in [1.165, 1.54) is 10.7 Å². The fourth-order valence-electron chi connectivity index (χ4n) is 3.13. The fourth-order valence-corrected chi connectivity index (χ4v) is 4.38. The van der Waals surface area contributed by atoms with Crippen LogP contribution in [0, 0.1) is 6.92 Å². The molecule has 2 fully saturated rings. The Morgan fingerprint density at radius 2 is 1.70 bits per heavy atom. The van der Waals surface area contributed by atoms with Gasteiger partial charge in [0.05, 0.1) is 12.2 Å². The lowest BCUT2D eigenvalue weighted by Crippen LogP contribution is -2.38. The summed E-state index contributed by atoms with van der Waals surface area (Å²) in [6, 6.07) is 1.85. The molecule has 23 heavy (non-hydrogen) atoms. The van der Waals surface area contributed by atoms with Crippen molar-refractivity contribution in [3.05, 3.63) is 17.5 Å². The van der Waals surface area contributed by atoms with Crippen LogP contribution in [0.15, 0.2) is 6.07 Å². The van der Waals surface area contributed by atoms with Gasteiger partial charge in [0, 0.05) is 31.9 Å². The van der Waals surface area contributed by atoms with Crippen LogP contribution in [0.4, 0.5) is 5.95 Å². The predicted molar refractivity (Wildman–Crippen MR) is 89.4 cm³/mol. The fraction of sp³-hybridized carbons (Fsp3) is 0.733. The van der Waals surface area contributed by atoms with Crippen LogP contribution in [0.5, 0.6) is 0 Å². The second kappa shape index (κ2) is 7.11. The first-order chi connectivity index (χ1) is 11.0. The quantitative estimate of drug-likeness (QED) is 0.872. The lowest BCUT2D eigenvalue weighted by atomic mass is 10.1. The van der Waals surface area contributed by atoms with E-state index < -0.39 is 10.2 Å². The predicted octanol–water partition coefficient (Wildman–Crippen LogP) is 1.21. The normalized spacial score (nSPS) is 20.1. The third-order valence-corrected chi connectivity index (χ3v) is 5.93. The second-order valence-electron chi connectivity index (χ2n) is 6.28. The van der Waals surface area contributed by atoms with Crippen molar-refractivity contribution in [2.24, 2.45) is 0 Å². The van der Waals surface area contributed by atoms with Crippen molar-refractivity contribution >= 4 is 16.2 Å². The molecule has 2 saturated heterocycles. The van der Waals surface area contributed by atoms with Crippen LogP contribution in [-0.2, 0) is 16.8 Å². The number of anilines is 1. The maximum absolute atomic E-state index is 12.2. The van der Waals surface area contributed by atoms with E-state index in [1.54, 1.807) is 0 Å². The molecule has 7 nitrogen and oxygen atoms in total. The Bertz CT molecular complexity index is 637. The van der Waals surface area contributed by atoms with Gasteiger partial charge in [-0.2, -0.15) is 17.4 Å². The molecule has 3 heterocycles. The molecular weight excluding hydrogens is 314 g/mol. The zero-order chi connectivity index (χ0) is 16.3. The third kappa shape index (κ3) is 4.19. The van der Waals surface area contributed by atoms with Gasteiger partial charge in [-0.15, -0.1) is 0 Å². The number of hydrogen-bond donors (Lipinski definition) is 1. The molecule has 0 aliphatic carbocycles. The van der Waals surface area contributed by atoms with Gasteiger partial charge in [-0.25, -0.2) is 9.97 Å². The molecule has 0 unspecified atom stereocenters. The van der Waals surface area contributed by atoms with E-state index in [0.717, 1.165) is 56.1 Å². The number of nitrogens with one attached hydrogen (secondary N) is 1. The average Bonchev–Trinajstić information content (AvgIpc) is 3.09. The molecule has 0 atom stereocenters. The Morgan fingerprint density at radius 3 is 2.39 bits per heavy atom. The van der Waals surface area contributed by atoms with E-state index in [9.17, 15) is 8.42 Å². The summed E-state index contributed by atoms with van der Waals surface area (Å²) in [7, 11) is -3.40. The molecule has 1 aromatic heterocycles. The summed E-state index contributed by atoms with van der Waals surface area (Å²) in [5.74, 6) is 0.722. The first kappa shape index (κ1) is 16.6. The van der Waals surface area contributed by atoms with Crippen LogP contribution >= 0.6 is 0 Å². The van der Waals surface area contributed by atoms with Gasteiger partial charge in [0.1, 0.15) is 0 Å². The van der Waals surface area contributed by atoms with Crippen molar-refractivity contribution in [3.8, 4) is 0 Å². The molecule has 1 aromatic rings. The first-order valence-corrected chi connectivity index (χ1v) is 9.83. The Balaban J connectivity index is 1.68. The Labute approximate surface area is 138 Å². The minimum Gasteiger partial charge on any atom is -0.341 e. The van der Waals surface area contributed by atoms with Crippen molar-refractivity contribution in [1.29, 1.82) is 0 Å². The Morgan fingerprint density at radius 1 is 1.04 bits per heavy atom. The van der Waals surface area contributed by atoms with Crippen molar-refractivity contribution < 1.29 is 8.42 Å². The molecule has 2 aliphatic rings. The summed E-state index contributed by atoms with van der Waals surface area (Å²) in [5, 5.41) is 0. The number of hydrogen-bond acceptors (Lipinski definition) is 5. The van der Waals surface area contributed by atoms with Crippen LogP contribution in [0.25, 0.3) is 0 Å². The monoisotopic (exact) mass is 339 g/mol. The van der Waals surface area contributed by atoms with Gasteiger partial charge in [-0.3, -0.25) is 0 Å². The van der Waals surface area contributed by atoms with Crippen LogP contribution in [0.3, 0.4) is 0 Å². The molecule has 0 amide bonds. The molecule has 0 bridgehead atoms. The van der Waals surface area contributed by atoms with Crippen LogP contribution in [0.1, 0.15) is 43.5 Å². The lowest BCUT2D eigenvalue weighted by molar-refractivity contribution is 0.464. The maximum Gasteiger partial charge on any atom is 0.279 e. The molecule has 8 heteroatoms. The summed E-state index contributed by atoms with van der Waals surface area (Å²) in [4.78, 5) is 11.3. The summed E-state index contributed by atoms with van der Waals surface area (Å²) >= 11 is 0. The number of rotatable bonds is 5. The van der Waals surface area contributed by atoms with Gasteiger partial charge in [0.15, 0.2) is 0 Å². The summed E-state index contributed by atoms with van der Waals surface area (Å²) in [6.45, 7) is 5.30. The topological polar surface area (TPSA) is 78.4 Å². The molecule has 3 rings (SSSR count). The summed E-state index contributed by atoms with van der Waals surface area (Å²) < 4.78 is 28.6. The van der Waals surface area contributed by atoms with Gasteiger partial charge in [-0.1, -0.05) is 0 Å². The van der Waals surface area contributed by atoms with E-state index in [1.807, 2.05) is 13.0 Å². The number of piperidine rings is 1. The van der Waals surface area contributed by atoms with Gasteiger partial charge in [0.25, 0.3) is 10.2 Å². The van der Waals surface area contributed by atoms with E-state index in [2.05, 4.69) is 19.6 Å². The minimum absolute atomic E-state index is 0.211. The Kier molecular flexibility index (Phi) is 5.13. The molecule has 0 spiro atoms. The molecule has 0 radical (unpaired) electrons. The first-order valence-electron chi connectivity index (χ1n) is 8.39. The van der Waals surface area contributed by atoms with E-state index >= 15 is 0 Å². The highest BCUT2D eigenvalue weighted by atomic mass is 32.2. The van der Waals surface area contributed by atoms with Crippen LogP contribution < -0.4 is 9.62 Å². The Hall–Kier alpha value is -1.25. The van der Waals surface area contributed by atoms with Gasteiger partial charge >= 0.3 is 0 Å². The van der Waals surface area contributed by atoms with Gasteiger partial charge in [-0.05, 0) is 45.1 Å². The third-order valence-electron chi connectivity index (χ3n) is 4.38. The number of aryl methyl sites for hydroxylation is 1. The molecule has 1 N–H and O–H groups in total. The van der Waals surface area contributed by atoms with Gasteiger partial charge in [0.2, 0.25) is 5.95 Å². The highest BCUT2D eigenvalue weighted by Gasteiger charge is 2.25. The van der Waals surface area contributed by atoms with Crippen LogP contribution in [-0.4, -0.2) is 48.9 Å². The maximum atomic E-state index is 12.2. The van der Waals surface area contributed by atoms with Crippen molar-refractivity contribution in [1.82, 2.24) is 19.0 Å². The highest BCUT2D eigenvalue weighted by Crippen LogP contribution is 2.17.